The zero-order valence-electron chi connectivity index (χ0n) is 9.38. The van der Waals surface area contributed by atoms with Crippen LogP contribution < -0.4 is 5.73 Å². The number of rotatable bonds is 8. The molecule has 0 unspecified atom stereocenters. The Hall–Kier alpha value is -0.590. The summed E-state index contributed by atoms with van der Waals surface area (Å²) in [6.07, 6.45) is 4.39. The molecule has 0 bridgehead atoms. The van der Waals surface area contributed by atoms with Gasteiger partial charge in [-0.1, -0.05) is 13.8 Å². The van der Waals surface area contributed by atoms with E-state index in [1.165, 1.54) is 0 Å². The van der Waals surface area contributed by atoms with Crippen molar-refractivity contribution in [2.75, 3.05) is 13.2 Å². The van der Waals surface area contributed by atoms with Gasteiger partial charge in [-0.2, -0.15) is 5.26 Å². The summed E-state index contributed by atoms with van der Waals surface area (Å²) in [4.78, 5) is 0. The minimum absolute atomic E-state index is 0.158. The molecule has 0 rings (SSSR count). The summed E-state index contributed by atoms with van der Waals surface area (Å²) in [6.45, 7) is 5.53. The molecule has 3 nitrogen and oxygen atoms in total. The zero-order valence-corrected chi connectivity index (χ0v) is 9.38. The summed E-state index contributed by atoms with van der Waals surface area (Å²) in [5.41, 5.74) is 5.90. The zero-order chi connectivity index (χ0) is 10.9. The number of hydrogen-bond acceptors (Lipinski definition) is 3. The molecule has 3 heteroatoms. The van der Waals surface area contributed by atoms with Crippen molar-refractivity contribution in [3.8, 4) is 6.07 Å². The van der Waals surface area contributed by atoms with E-state index in [-0.39, 0.29) is 5.54 Å². The van der Waals surface area contributed by atoms with Crippen LogP contribution in [0.1, 0.15) is 46.0 Å². The fourth-order valence-corrected chi connectivity index (χ4v) is 1.14. The second-order valence-electron chi connectivity index (χ2n) is 3.74. The fraction of sp³-hybridized carbons (Fsp3) is 0.909. The van der Waals surface area contributed by atoms with Crippen LogP contribution in [-0.2, 0) is 4.74 Å². The molecule has 0 aliphatic rings. The molecule has 0 aromatic carbocycles. The quantitative estimate of drug-likeness (QED) is 0.608. The molecular weight excluding hydrogens is 176 g/mol. The number of hydrogen-bond donors (Lipinski definition) is 1. The largest absolute Gasteiger partial charge is 0.380 e. The van der Waals surface area contributed by atoms with Crippen molar-refractivity contribution in [3.05, 3.63) is 0 Å². The normalized spacial score (nSPS) is 11.3. The molecule has 0 saturated heterocycles. The first-order valence-corrected chi connectivity index (χ1v) is 5.42. The molecular formula is C11H22N2O. The third-order valence-corrected chi connectivity index (χ3v) is 2.63. The second kappa shape index (κ2) is 7.78. The van der Waals surface area contributed by atoms with E-state index < -0.39 is 0 Å². The Kier molecular flexibility index (Phi) is 7.45. The van der Waals surface area contributed by atoms with Gasteiger partial charge >= 0.3 is 0 Å². The topological polar surface area (TPSA) is 59.0 Å². The van der Waals surface area contributed by atoms with Crippen molar-refractivity contribution >= 4 is 0 Å². The van der Waals surface area contributed by atoms with Crippen LogP contribution in [-0.4, -0.2) is 18.8 Å². The number of nitrogens with zero attached hydrogens (tertiary/aromatic N) is 1. The van der Waals surface area contributed by atoms with Gasteiger partial charge in [0.15, 0.2) is 0 Å². The molecule has 0 aliphatic heterocycles. The van der Waals surface area contributed by atoms with Crippen LogP contribution >= 0.6 is 0 Å². The van der Waals surface area contributed by atoms with Gasteiger partial charge in [-0.25, -0.2) is 0 Å². The predicted octanol–water partition coefficient (Wildman–Crippen LogP) is 2.21. The lowest BCUT2D eigenvalue weighted by atomic mass is 9.96. The van der Waals surface area contributed by atoms with Crippen molar-refractivity contribution in [1.29, 1.82) is 5.26 Å². The molecule has 0 saturated carbocycles. The summed E-state index contributed by atoms with van der Waals surface area (Å²) in [6, 6.07) is 2.12. The summed E-state index contributed by atoms with van der Waals surface area (Å²) in [5, 5.41) is 8.32. The Morgan fingerprint density at radius 2 is 1.93 bits per heavy atom. The lowest BCUT2D eigenvalue weighted by Gasteiger charge is -2.26. The van der Waals surface area contributed by atoms with Gasteiger partial charge in [0, 0.05) is 18.6 Å². The number of unbranched alkanes of at least 4 members (excludes halogenated alkanes) is 2. The van der Waals surface area contributed by atoms with E-state index in [1.54, 1.807) is 0 Å². The van der Waals surface area contributed by atoms with Gasteiger partial charge in [0.2, 0.25) is 0 Å². The lowest BCUT2D eigenvalue weighted by Crippen LogP contribution is -2.43. The standard InChI is InChI=1S/C11H22N2O/c1-3-11(13,4-2)10-14-9-7-5-6-8-12/h3-7,9-10,13H2,1-2H3. The van der Waals surface area contributed by atoms with Crippen molar-refractivity contribution in [2.45, 2.75) is 51.5 Å². The van der Waals surface area contributed by atoms with E-state index in [1.807, 2.05) is 0 Å². The average molecular weight is 198 g/mol. The van der Waals surface area contributed by atoms with E-state index in [4.69, 9.17) is 15.7 Å². The van der Waals surface area contributed by atoms with Gasteiger partial charge in [0.1, 0.15) is 0 Å². The maximum atomic E-state index is 8.32. The molecule has 82 valence electrons. The summed E-state index contributed by atoms with van der Waals surface area (Å²) in [7, 11) is 0. The van der Waals surface area contributed by atoms with E-state index in [0.717, 1.165) is 32.3 Å². The average Bonchev–Trinajstić information content (AvgIpc) is 2.23. The number of nitrogens with two attached hydrogens (primary N) is 1. The van der Waals surface area contributed by atoms with Gasteiger partial charge in [0.05, 0.1) is 12.7 Å². The van der Waals surface area contributed by atoms with Crippen LogP contribution in [0.4, 0.5) is 0 Å². The molecule has 0 fully saturated rings. The van der Waals surface area contributed by atoms with E-state index in [9.17, 15) is 0 Å². The smallest absolute Gasteiger partial charge is 0.0645 e. The van der Waals surface area contributed by atoms with E-state index >= 15 is 0 Å². The minimum atomic E-state index is -0.158. The Morgan fingerprint density at radius 1 is 1.29 bits per heavy atom. The molecule has 0 radical (unpaired) electrons. The third-order valence-electron chi connectivity index (χ3n) is 2.63. The van der Waals surface area contributed by atoms with Gasteiger partial charge in [-0.15, -0.1) is 0 Å². The minimum Gasteiger partial charge on any atom is -0.380 e. The van der Waals surface area contributed by atoms with Crippen LogP contribution in [0.25, 0.3) is 0 Å². The molecule has 0 aromatic rings. The molecule has 0 spiro atoms. The highest BCUT2D eigenvalue weighted by atomic mass is 16.5. The van der Waals surface area contributed by atoms with Gasteiger partial charge in [0.25, 0.3) is 0 Å². The van der Waals surface area contributed by atoms with Gasteiger partial charge in [-0.05, 0) is 25.7 Å². The number of nitriles is 1. The Bertz CT molecular complexity index is 171. The Labute approximate surface area is 87.2 Å². The first-order chi connectivity index (χ1) is 6.68. The van der Waals surface area contributed by atoms with Crippen molar-refractivity contribution in [2.24, 2.45) is 5.73 Å². The SMILES string of the molecule is CCC(N)(CC)COCCCCC#N. The predicted molar refractivity (Wildman–Crippen MR) is 57.8 cm³/mol. The summed E-state index contributed by atoms with van der Waals surface area (Å²) in [5.74, 6) is 0. The van der Waals surface area contributed by atoms with E-state index in [0.29, 0.717) is 13.0 Å². The lowest BCUT2D eigenvalue weighted by molar-refractivity contribution is 0.0787. The van der Waals surface area contributed by atoms with Crippen LogP contribution in [0.3, 0.4) is 0 Å². The van der Waals surface area contributed by atoms with Crippen LogP contribution in [0.5, 0.6) is 0 Å². The number of ether oxygens (including phenoxy) is 1. The van der Waals surface area contributed by atoms with E-state index in [2.05, 4.69) is 19.9 Å². The van der Waals surface area contributed by atoms with Gasteiger partial charge < -0.3 is 10.5 Å². The highest BCUT2D eigenvalue weighted by molar-refractivity contribution is 4.80. The van der Waals surface area contributed by atoms with Crippen LogP contribution in [0.15, 0.2) is 0 Å². The fourth-order valence-electron chi connectivity index (χ4n) is 1.14. The second-order valence-corrected chi connectivity index (χ2v) is 3.74. The summed E-state index contributed by atoms with van der Waals surface area (Å²) >= 11 is 0. The molecule has 0 heterocycles. The first kappa shape index (κ1) is 13.4. The molecule has 0 aromatic heterocycles. The molecule has 0 amide bonds. The first-order valence-electron chi connectivity index (χ1n) is 5.42. The van der Waals surface area contributed by atoms with Crippen LogP contribution in [0.2, 0.25) is 0 Å². The highest BCUT2D eigenvalue weighted by Crippen LogP contribution is 2.11. The Morgan fingerprint density at radius 3 is 2.43 bits per heavy atom. The molecule has 14 heavy (non-hydrogen) atoms. The Balaban J connectivity index is 3.39. The molecule has 2 N–H and O–H groups in total. The monoisotopic (exact) mass is 198 g/mol. The third kappa shape index (κ3) is 5.95. The van der Waals surface area contributed by atoms with Crippen molar-refractivity contribution in [3.63, 3.8) is 0 Å². The maximum Gasteiger partial charge on any atom is 0.0645 e. The summed E-state index contributed by atoms with van der Waals surface area (Å²) < 4.78 is 5.49. The molecule has 0 atom stereocenters. The highest BCUT2D eigenvalue weighted by Gasteiger charge is 2.19. The van der Waals surface area contributed by atoms with Crippen molar-refractivity contribution < 1.29 is 4.74 Å². The maximum absolute atomic E-state index is 8.32. The molecule has 0 aliphatic carbocycles. The van der Waals surface area contributed by atoms with Crippen LogP contribution in [0, 0.1) is 11.3 Å². The van der Waals surface area contributed by atoms with Gasteiger partial charge in [-0.3, -0.25) is 0 Å². The van der Waals surface area contributed by atoms with Crippen molar-refractivity contribution in [1.82, 2.24) is 0 Å².